The molecule has 0 aliphatic rings. The van der Waals surface area contributed by atoms with Crippen molar-refractivity contribution in [2.45, 2.75) is 18.7 Å². The van der Waals surface area contributed by atoms with Gasteiger partial charge in [-0.1, -0.05) is 13.8 Å². The molecule has 0 aliphatic carbocycles. The molecule has 7 nitrogen and oxygen atoms in total. The van der Waals surface area contributed by atoms with E-state index in [1.165, 1.54) is 19.2 Å². The predicted molar refractivity (Wildman–Crippen MR) is 69.7 cm³/mol. The molecule has 0 aliphatic heterocycles. The molecule has 8 heteroatoms. The van der Waals surface area contributed by atoms with Crippen LogP contribution < -0.4 is 9.46 Å². The summed E-state index contributed by atoms with van der Waals surface area (Å²) in [6.07, 6.45) is 0. The Morgan fingerprint density at radius 1 is 1.42 bits per heavy atom. The highest BCUT2D eigenvalue weighted by molar-refractivity contribution is 7.89. The van der Waals surface area contributed by atoms with Crippen LogP contribution in [-0.4, -0.2) is 27.0 Å². The second-order valence-electron chi connectivity index (χ2n) is 4.34. The first-order valence-corrected chi connectivity index (χ1v) is 7.08. The number of nitrogens with one attached hydrogen (secondary N) is 1. The lowest BCUT2D eigenvalue weighted by Gasteiger charge is -2.09. The molecule has 1 aromatic carbocycles. The smallest absolute Gasteiger partial charge is 0.312 e. The summed E-state index contributed by atoms with van der Waals surface area (Å²) in [6.45, 7) is 3.99. The Bertz CT molecular complexity index is 568. The molecule has 0 bridgehead atoms. The van der Waals surface area contributed by atoms with Gasteiger partial charge in [0, 0.05) is 12.6 Å². The van der Waals surface area contributed by atoms with E-state index in [4.69, 9.17) is 4.74 Å². The standard InChI is InChI=1S/C11H16N2O5S/c1-8(2)7-12-19(16,17)9-4-5-11(18-3)10(6-9)13(14)15/h4-6,8,12H,7H2,1-3H3. The Kier molecular flexibility index (Phi) is 4.84. The number of hydrogen-bond donors (Lipinski definition) is 1. The van der Waals surface area contributed by atoms with Crippen molar-refractivity contribution in [3.8, 4) is 5.75 Å². The van der Waals surface area contributed by atoms with Crippen molar-refractivity contribution in [3.63, 3.8) is 0 Å². The molecule has 0 aromatic heterocycles. The number of benzene rings is 1. The maximum atomic E-state index is 11.9. The lowest BCUT2D eigenvalue weighted by atomic mass is 10.2. The average Bonchev–Trinajstić information content (AvgIpc) is 2.35. The highest BCUT2D eigenvalue weighted by atomic mass is 32.2. The van der Waals surface area contributed by atoms with Gasteiger partial charge in [-0.2, -0.15) is 0 Å². The maximum Gasteiger partial charge on any atom is 0.312 e. The van der Waals surface area contributed by atoms with Gasteiger partial charge in [0.25, 0.3) is 0 Å². The lowest BCUT2D eigenvalue weighted by molar-refractivity contribution is -0.386. The van der Waals surface area contributed by atoms with Crippen LogP contribution in [0.25, 0.3) is 0 Å². The van der Waals surface area contributed by atoms with E-state index in [1.807, 2.05) is 13.8 Å². The molecule has 1 rings (SSSR count). The van der Waals surface area contributed by atoms with E-state index < -0.39 is 14.9 Å². The number of ether oxygens (including phenoxy) is 1. The molecule has 0 amide bonds. The van der Waals surface area contributed by atoms with E-state index in [1.54, 1.807) is 0 Å². The van der Waals surface area contributed by atoms with E-state index in [2.05, 4.69) is 4.72 Å². The molecule has 0 atom stereocenters. The Morgan fingerprint density at radius 3 is 2.53 bits per heavy atom. The first-order valence-electron chi connectivity index (χ1n) is 5.60. The third-order valence-electron chi connectivity index (χ3n) is 2.34. The number of hydrogen-bond acceptors (Lipinski definition) is 5. The fraction of sp³-hybridized carbons (Fsp3) is 0.455. The zero-order chi connectivity index (χ0) is 14.6. The van der Waals surface area contributed by atoms with Crippen molar-refractivity contribution in [1.82, 2.24) is 4.72 Å². The third-order valence-corrected chi connectivity index (χ3v) is 3.76. The monoisotopic (exact) mass is 288 g/mol. The second kappa shape index (κ2) is 5.98. The van der Waals surface area contributed by atoms with E-state index in [0.717, 1.165) is 6.07 Å². The van der Waals surface area contributed by atoms with Crippen molar-refractivity contribution in [3.05, 3.63) is 28.3 Å². The van der Waals surface area contributed by atoms with Crippen LogP contribution >= 0.6 is 0 Å². The van der Waals surface area contributed by atoms with Gasteiger partial charge < -0.3 is 4.74 Å². The minimum Gasteiger partial charge on any atom is -0.490 e. The van der Waals surface area contributed by atoms with Gasteiger partial charge in [0.05, 0.1) is 16.9 Å². The van der Waals surface area contributed by atoms with Crippen LogP contribution in [0.2, 0.25) is 0 Å². The molecule has 0 saturated carbocycles. The van der Waals surface area contributed by atoms with Gasteiger partial charge in [-0.15, -0.1) is 0 Å². The Balaban J connectivity index is 3.14. The first-order chi connectivity index (χ1) is 8.77. The zero-order valence-electron chi connectivity index (χ0n) is 10.9. The molecule has 1 N–H and O–H groups in total. The summed E-state index contributed by atoms with van der Waals surface area (Å²) < 4.78 is 31.1. The van der Waals surface area contributed by atoms with E-state index in [-0.39, 0.29) is 28.8 Å². The third kappa shape index (κ3) is 3.90. The van der Waals surface area contributed by atoms with Crippen molar-refractivity contribution in [2.24, 2.45) is 5.92 Å². The molecule has 0 spiro atoms. The van der Waals surface area contributed by atoms with Crippen molar-refractivity contribution >= 4 is 15.7 Å². The van der Waals surface area contributed by atoms with Gasteiger partial charge in [0.2, 0.25) is 10.0 Å². The van der Waals surface area contributed by atoms with Crippen molar-refractivity contribution in [1.29, 1.82) is 0 Å². The number of sulfonamides is 1. The van der Waals surface area contributed by atoms with Gasteiger partial charge >= 0.3 is 5.69 Å². The van der Waals surface area contributed by atoms with Gasteiger partial charge in [-0.05, 0) is 18.1 Å². The molecule has 1 aromatic rings. The zero-order valence-corrected chi connectivity index (χ0v) is 11.7. The fourth-order valence-electron chi connectivity index (χ4n) is 1.34. The number of nitro benzene ring substituents is 1. The van der Waals surface area contributed by atoms with Crippen LogP contribution in [0.3, 0.4) is 0 Å². The SMILES string of the molecule is COc1ccc(S(=O)(=O)NCC(C)C)cc1[N+](=O)[O-]. The van der Waals surface area contributed by atoms with E-state index in [0.29, 0.717) is 0 Å². The predicted octanol–water partition coefficient (Wildman–Crippen LogP) is 1.54. The Hall–Kier alpha value is -1.67. The highest BCUT2D eigenvalue weighted by Gasteiger charge is 2.21. The molecule has 19 heavy (non-hydrogen) atoms. The summed E-state index contributed by atoms with van der Waals surface area (Å²) in [7, 11) is -2.46. The molecular formula is C11H16N2O5S. The molecule has 106 valence electrons. The summed E-state index contributed by atoms with van der Waals surface area (Å²) in [5.41, 5.74) is -0.380. The topological polar surface area (TPSA) is 98.5 Å². The number of rotatable bonds is 6. The van der Waals surface area contributed by atoms with Gasteiger partial charge in [-0.25, -0.2) is 13.1 Å². The largest absolute Gasteiger partial charge is 0.490 e. The molecule has 0 radical (unpaired) electrons. The van der Waals surface area contributed by atoms with Crippen LogP contribution in [0.1, 0.15) is 13.8 Å². The molecule has 0 unspecified atom stereocenters. The van der Waals surface area contributed by atoms with Crippen LogP contribution in [0.4, 0.5) is 5.69 Å². The van der Waals surface area contributed by atoms with Crippen molar-refractivity contribution in [2.75, 3.05) is 13.7 Å². The summed E-state index contributed by atoms with van der Waals surface area (Å²) in [5.74, 6) is 0.163. The average molecular weight is 288 g/mol. The molecule has 0 saturated heterocycles. The molecule has 0 fully saturated rings. The first kappa shape index (κ1) is 15.4. The van der Waals surface area contributed by atoms with Crippen LogP contribution in [0.15, 0.2) is 23.1 Å². The van der Waals surface area contributed by atoms with Crippen LogP contribution in [0.5, 0.6) is 5.75 Å². The number of nitrogens with zero attached hydrogens (tertiary/aromatic N) is 1. The van der Waals surface area contributed by atoms with Crippen LogP contribution in [-0.2, 0) is 10.0 Å². The van der Waals surface area contributed by atoms with Gasteiger partial charge in [0.1, 0.15) is 0 Å². The summed E-state index contributed by atoms with van der Waals surface area (Å²) in [4.78, 5) is 10.0. The minimum atomic E-state index is -3.75. The van der Waals surface area contributed by atoms with Crippen LogP contribution in [0, 0.1) is 16.0 Å². The minimum absolute atomic E-state index is 0.0211. The molecular weight excluding hydrogens is 272 g/mol. The Morgan fingerprint density at radius 2 is 2.05 bits per heavy atom. The quantitative estimate of drug-likeness (QED) is 0.632. The lowest BCUT2D eigenvalue weighted by Crippen LogP contribution is -2.27. The number of nitro groups is 1. The maximum absolute atomic E-state index is 11.9. The van der Waals surface area contributed by atoms with E-state index in [9.17, 15) is 18.5 Å². The van der Waals surface area contributed by atoms with E-state index >= 15 is 0 Å². The number of methoxy groups -OCH3 is 1. The normalized spacial score (nSPS) is 11.6. The summed E-state index contributed by atoms with van der Waals surface area (Å²) in [5, 5.41) is 10.8. The van der Waals surface area contributed by atoms with Gasteiger partial charge in [-0.3, -0.25) is 10.1 Å². The van der Waals surface area contributed by atoms with Gasteiger partial charge in [0.15, 0.2) is 5.75 Å². The van der Waals surface area contributed by atoms with Crippen molar-refractivity contribution < 1.29 is 18.1 Å². The highest BCUT2D eigenvalue weighted by Crippen LogP contribution is 2.29. The summed E-state index contributed by atoms with van der Waals surface area (Å²) >= 11 is 0. The Labute approximate surface area is 111 Å². The second-order valence-corrected chi connectivity index (χ2v) is 6.10. The summed E-state index contributed by atoms with van der Waals surface area (Å²) in [6, 6.07) is 3.53. The molecule has 0 heterocycles. The fourth-order valence-corrected chi connectivity index (χ4v) is 2.57.